The fourth-order valence-corrected chi connectivity index (χ4v) is 3.63. The highest BCUT2D eigenvalue weighted by molar-refractivity contribution is 6.04. The molecule has 2 heterocycles. The van der Waals surface area contributed by atoms with Crippen LogP contribution >= 0.6 is 0 Å². The fraction of sp³-hybridized carbons (Fsp3) is 0.286. The Bertz CT molecular complexity index is 945. The molecule has 1 aliphatic carbocycles. The Morgan fingerprint density at radius 1 is 1.08 bits per heavy atom. The third kappa shape index (κ3) is 3.38. The Kier molecular flexibility index (Phi) is 4.07. The number of amides is 1. The van der Waals surface area contributed by atoms with Crippen molar-refractivity contribution < 1.29 is 4.79 Å². The molecule has 1 fully saturated rings. The molecule has 1 aromatic carbocycles. The van der Waals surface area contributed by atoms with Crippen molar-refractivity contribution in [1.82, 2.24) is 9.97 Å². The summed E-state index contributed by atoms with van der Waals surface area (Å²) in [6, 6.07) is 13.6. The normalized spacial score (nSPS) is 16.1. The number of fused-ring (bicyclic) bond motifs is 1. The second kappa shape index (κ2) is 6.41. The van der Waals surface area contributed by atoms with Crippen LogP contribution in [0.2, 0.25) is 0 Å². The fourth-order valence-electron chi connectivity index (χ4n) is 3.63. The number of pyridine rings is 2. The number of anilines is 2. The van der Waals surface area contributed by atoms with E-state index in [1.165, 1.54) is 0 Å². The second-order valence-electron chi connectivity index (χ2n) is 7.68. The molecule has 132 valence electrons. The number of nitrogens with zero attached hydrogens (tertiary/aromatic N) is 2. The van der Waals surface area contributed by atoms with Crippen LogP contribution in [0.5, 0.6) is 0 Å². The zero-order chi connectivity index (χ0) is 18.1. The molecule has 0 radical (unpaired) electrons. The van der Waals surface area contributed by atoms with E-state index in [2.05, 4.69) is 34.4 Å². The molecule has 0 saturated heterocycles. The van der Waals surface area contributed by atoms with Crippen molar-refractivity contribution in [2.24, 2.45) is 5.41 Å². The van der Waals surface area contributed by atoms with E-state index in [1.54, 1.807) is 30.6 Å². The zero-order valence-corrected chi connectivity index (χ0v) is 15.0. The Hall–Kier alpha value is -2.95. The molecule has 5 heteroatoms. The molecule has 4 rings (SSSR count). The van der Waals surface area contributed by atoms with E-state index in [1.807, 2.05) is 24.3 Å². The molecule has 26 heavy (non-hydrogen) atoms. The van der Waals surface area contributed by atoms with Crippen LogP contribution in [0.15, 0.2) is 54.9 Å². The van der Waals surface area contributed by atoms with Crippen LogP contribution in [0, 0.1) is 5.41 Å². The maximum Gasteiger partial charge on any atom is 0.274 e. The van der Waals surface area contributed by atoms with Gasteiger partial charge in [0.15, 0.2) is 0 Å². The van der Waals surface area contributed by atoms with Gasteiger partial charge >= 0.3 is 0 Å². The average molecular weight is 346 g/mol. The minimum atomic E-state index is -0.214. The molecule has 0 spiro atoms. The molecule has 2 aromatic heterocycles. The molecule has 0 bridgehead atoms. The minimum absolute atomic E-state index is 0.214. The van der Waals surface area contributed by atoms with E-state index in [9.17, 15) is 4.79 Å². The van der Waals surface area contributed by atoms with Gasteiger partial charge in [0, 0.05) is 29.5 Å². The van der Waals surface area contributed by atoms with Crippen LogP contribution in [0.4, 0.5) is 11.5 Å². The number of benzene rings is 1. The van der Waals surface area contributed by atoms with E-state index in [0.29, 0.717) is 17.2 Å². The first-order chi connectivity index (χ1) is 12.5. The summed E-state index contributed by atoms with van der Waals surface area (Å²) in [4.78, 5) is 20.9. The van der Waals surface area contributed by atoms with E-state index >= 15 is 0 Å². The average Bonchev–Trinajstić information content (AvgIpc) is 2.61. The summed E-state index contributed by atoms with van der Waals surface area (Å²) in [5, 5.41) is 8.56. The van der Waals surface area contributed by atoms with Gasteiger partial charge in [-0.25, -0.2) is 4.98 Å². The van der Waals surface area contributed by atoms with Crippen molar-refractivity contribution in [3.05, 3.63) is 60.6 Å². The summed E-state index contributed by atoms with van der Waals surface area (Å²) >= 11 is 0. The minimum Gasteiger partial charge on any atom is -0.367 e. The maximum absolute atomic E-state index is 12.3. The molecular formula is C21H22N4O. The van der Waals surface area contributed by atoms with E-state index < -0.39 is 0 Å². The number of nitrogens with one attached hydrogen (secondary N) is 2. The van der Waals surface area contributed by atoms with Gasteiger partial charge in [0.2, 0.25) is 0 Å². The monoisotopic (exact) mass is 346 g/mol. The van der Waals surface area contributed by atoms with Crippen LogP contribution in [0.25, 0.3) is 10.8 Å². The highest BCUT2D eigenvalue weighted by atomic mass is 16.1. The van der Waals surface area contributed by atoms with Crippen LogP contribution in [-0.4, -0.2) is 21.9 Å². The van der Waals surface area contributed by atoms with E-state index in [4.69, 9.17) is 0 Å². The van der Waals surface area contributed by atoms with Gasteiger partial charge in [-0.3, -0.25) is 9.78 Å². The van der Waals surface area contributed by atoms with Gasteiger partial charge in [-0.05, 0) is 60.0 Å². The molecule has 1 aliphatic rings. The Balaban J connectivity index is 1.53. The number of rotatable bonds is 4. The Labute approximate surface area is 152 Å². The lowest BCUT2D eigenvalue weighted by atomic mass is 9.68. The van der Waals surface area contributed by atoms with Crippen LogP contribution in [0.3, 0.4) is 0 Å². The number of carbonyl (C=O) groups is 1. The largest absolute Gasteiger partial charge is 0.367 e. The molecule has 1 amide bonds. The third-order valence-electron chi connectivity index (χ3n) is 4.86. The standard InChI is InChI=1S/C21H22N4O/c1-21(2)12-16(13-21)24-19-17-7-6-15(11-14(17)8-10-23-19)25-20(26)18-5-3-4-9-22-18/h3-11,16H,12-13H2,1-2H3,(H,23,24)(H,25,26). The first-order valence-corrected chi connectivity index (χ1v) is 8.88. The first kappa shape index (κ1) is 16.5. The van der Waals surface area contributed by atoms with E-state index in [0.717, 1.165) is 35.1 Å². The van der Waals surface area contributed by atoms with Gasteiger partial charge in [0.1, 0.15) is 11.5 Å². The lowest BCUT2D eigenvalue weighted by Gasteiger charge is -2.43. The van der Waals surface area contributed by atoms with Crippen molar-refractivity contribution in [3.8, 4) is 0 Å². The molecule has 0 unspecified atom stereocenters. The highest BCUT2D eigenvalue weighted by Crippen LogP contribution is 2.41. The van der Waals surface area contributed by atoms with Gasteiger partial charge in [0.25, 0.3) is 5.91 Å². The summed E-state index contributed by atoms with van der Waals surface area (Å²) in [6.07, 6.45) is 5.73. The van der Waals surface area contributed by atoms with Gasteiger partial charge < -0.3 is 10.6 Å². The Morgan fingerprint density at radius 2 is 1.92 bits per heavy atom. The van der Waals surface area contributed by atoms with Gasteiger partial charge in [-0.2, -0.15) is 0 Å². The summed E-state index contributed by atoms with van der Waals surface area (Å²) in [5.41, 5.74) is 1.57. The topological polar surface area (TPSA) is 66.9 Å². The molecule has 1 saturated carbocycles. The quantitative estimate of drug-likeness (QED) is 0.731. The SMILES string of the molecule is CC1(C)CC(Nc2nccc3cc(NC(=O)c4ccccn4)ccc23)C1. The lowest BCUT2D eigenvalue weighted by Crippen LogP contribution is -2.41. The predicted molar refractivity (Wildman–Crippen MR) is 104 cm³/mol. The highest BCUT2D eigenvalue weighted by Gasteiger charge is 2.36. The molecule has 0 atom stereocenters. The van der Waals surface area contributed by atoms with Gasteiger partial charge in [0.05, 0.1) is 0 Å². The van der Waals surface area contributed by atoms with E-state index in [-0.39, 0.29) is 5.91 Å². The molecular weight excluding hydrogens is 324 g/mol. The smallest absolute Gasteiger partial charge is 0.274 e. The van der Waals surface area contributed by atoms with Crippen LogP contribution in [-0.2, 0) is 0 Å². The number of aromatic nitrogens is 2. The van der Waals surface area contributed by atoms with Crippen molar-refractivity contribution >= 4 is 28.2 Å². The number of hydrogen-bond acceptors (Lipinski definition) is 4. The predicted octanol–water partition coefficient (Wildman–Crippen LogP) is 4.48. The maximum atomic E-state index is 12.3. The Morgan fingerprint density at radius 3 is 2.65 bits per heavy atom. The summed E-state index contributed by atoms with van der Waals surface area (Å²) < 4.78 is 0. The van der Waals surface area contributed by atoms with Crippen molar-refractivity contribution in [2.45, 2.75) is 32.7 Å². The van der Waals surface area contributed by atoms with Crippen LogP contribution < -0.4 is 10.6 Å². The zero-order valence-electron chi connectivity index (χ0n) is 15.0. The van der Waals surface area contributed by atoms with Crippen molar-refractivity contribution in [3.63, 3.8) is 0 Å². The molecule has 0 aliphatic heterocycles. The van der Waals surface area contributed by atoms with Crippen molar-refractivity contribution in [2.75, 3.05) is 10.6 Å². The number of carbonyl (C=O) groups excluding carboxylic acids is 1. The van der Waals surface area contributed by atoms with Gasteiger partial charge in [-0.15, -0.1) is 0 Å². The molecule has 2 N–H and O–H groups in total. The number of hydrogen-bond donors (Lipinski definition) is 2. The molecule has 5 nitrogen and oxygen atoms in total. The second-order valence-corrected chi connectivity index (χ2v) is 7.68. The summed E-state index contributed by atoms with van der Waals surface area (Å²) in [7, 11) is 0. The lowest BCUT2D eigenvalue weighted by molar-refractivity contribution is 0.102. The molecule has 3 aromatic rings. The van der Waals surface area contributed by atoms with Crippen molar-refractivity contribution in [1.29, 1.82) is 0 Å². The van der Waals surface area contributed by atoms with Gasteiger partial charge in [-0.1, -0.05) is 19.9 Å². The third-order valence-corrected chi connectivity index (χ3v) is 4.86. The summed E-state index contributed by atoms with van der Waals surface area (Å²) in [6.45, 7) is 4.58. The summed E-state index contributed by atoms with van der Waals surface area (Å²) in [5.74, 6) is 0.694. The van der Waals surface area contributed by atoms with Crippen LogP contribution in [0.1, 0.15) is 37.2 Å². The first-order valence-electron chi connectivity index (χ1n) is 8.88.